The monoisotopic (exact) mass is 218 g/mol. The number of fused-ring (bicyclic) bond motifs is 2. The minimum Gasteiger partial charge on any atom is -0.312 e. The Hall–Kier alpha value is -0.900. The first-order valence-electron chi connectivity index (χ1n) is 6.58. The highest BCUT2D eigenvalue weighted by atomic mass is 15.3. The van der Waals surface area contributed by atoms with Crippen molar-refractivity contribution in [2.45, 2.75) is 44.7 Å². The number of hydrogen-bond donors (Lipinski definition) is 1. The first-order chi connectivity index (χ1) is 7.95. The molecule has 3 aliphatic rings. The summed E-state index contributed by atoms with van der Waals surface area (Å²) in [5.41, 5.74) is 0. The molecule has 0 saturated heterocycles. The van der Waals surface area contributed by atoms with Crippen LogP contribution in [0.1, 0.15) is 43.3 Å². The van der Waals surface area contributed by atoms with E-state index in [4.69, 9.17) is 0 Å². The molecular weight excluding hydrogens is 200 g/mol. The van der Waals surface area contributed by atoms with Gasteiger partial charge in [-0.05, 0) is 24.7 Å². The predicted octanol–water partition coefficient (Wildman–Crippen LogP) is 1.28. The normalized spacial score (nSPS) is 36.6. The molecule has 2 heterocycles. The summed E-state index contributed by atoms with van der Waals surface area (Å²) in [4.78, 5) is 0. The molecule has 0 aromatic carbocycles. The fraction of sp³-hybridized carbons (Fsp3) is 0.833. The molecule has 2 fully saturated rings. The molecule has 0 bridgehead atoms. The number of aromatic nitrogens is 3. The van der Waals surface area contributed by atoms with Crippen molar-refractivity contribution in [3.8, 4) is 0 Å². The summed E-state index contributed by atoms with van der Waals surface area (Å²) in [6, 6.07) is 0. The maximum Gasteiger partial charge on any atom is 0.147 e. The third-order valence-corrected chi connectivity index (χ3v) is 4.61. The molecule has 86 valence electrons. The van der Waals surface area contributed by atoms with Gasteiger partial charge in [0, 0.05) is 19.0 Å². The van der Waals surface area contributed by atoms with Crippen LogP contribution in [0.5, 0.6) is 0 Å². The van der Waals surface area contributed by atoms with Crippen LogP contribution in [0.2, 0.25) is 0 Å². The summed E-state index contributed by atoms with van der Waals surface area (Å²) in [5.74, 6) is 5.08. The van der Waals surface area contributed by atoms with Crippen LogP contribution in [-0.2, 0) is 13.1 Å². The zero-order chi connectivity index (χ0) is 10.5. The standard InChI is InChI=1S/C12H18N4/c1-2-4-9-8(3-1)11(9)12-15-14-10-7-13-5-6-16(10)12/h8-9,11,13H,1-7H2. The van der Waals surface area contributed by atoms with Gasteiger partial charge in [-0.15, -0.1) is 10.2 Å². The zero-order valence-electron chi connectivity index (χ0n) is 9.52. The topological polar surface area (TPSA) is 42.7 Å². The van der Waals surface area contributed by atoms with Crippen molar-refractivity contribution in [1.29, 1.82) is 0 Å². The van der Waals surface area contributed by atoms with Crippen molar-refractivity contribution in [3.63, 3.8) is 0 Å². The Morgan fingerprint density at radius 1 is 1.12 bits per heavy atom. The van der Waals surface area contributed by atoms with Crippen molar-refractivity contribution < 1.29 is 0 Å². The van der Waals surface area contributed by atoms with Gasteiger partial charge in [-0.25, -0.2) is 0 Å². The molecule has 2 aliphatic carbocycles. The van der Waals surface area contributed by atoms with Crippen molar-refractivity contribution in [1.82, 2.24) is 20.1 Å². The van der Waals surface area contributed by atoms with Gasteiger partial charge < -0.3 is 9.88 Å². The maximum atomic E-state index is 4.46. The largest absolute Gasteiger partial charge is 0.312 e. The number of hydrogen-bond acceptors (Lipinski definition) is 3. The van der Waals surface area contributed by atoms with E-state index in [-0.39, 0.29) is 0 Å². The van der Waals surface area contributed by atoms with Crippen LogP contribution < -0.4 is 5.32 Å². The van der Waals surface area contributed by atoms with E-state index >= 15 is 0 Å². The van der Waals surface area contributed by atoms with Crippen LogP contribution in [0.4, 0.5) is 0 Å². The highest BCUT2D eigenvalue weighted by molar-refractivity contribution is 5.18. The molecule has 4 nitrogen and oxygen atoms in total. The van der Waals surface area contributed by atoms with Crippen molar-refractivity contribution >= 4 is 0 Å². The van der Waals surface area contributed by atoms with E-state index in [0.29, 0.717) is 0 Å². The third kappa shape index (κ3) is 1.19. The average molecular weight is 218 g/mol. The van der Waals surface area contributed by atoms with Crippen molar-refractivity contribution in [2.24, 2.45) is 11.8 Å². The smallest absolute Gasteiger partial charge is 0.147 e. The molecule has 2 unspecified atom stereocenters. The lowest BCUT2D eigenvalue weighted by Crippen LogP contribution is -2.29. The lowest BCUT2D eigenvalue weighted by atomic mass is 10.0. The Balaban J connectivity index is 1.66. The van der Waals surface area contributed by atoms with Crippen LogP contribution >= 0.6 is 0 Å². The highest BCUT2D eigenvalue weighted by Gasteiger charge is 2.53. The van der Waals surface area contributed by atoms with Gasteiger partial charge in [0.2, 0.25) is 0 Å². The van der Waals surface area contributed by atoms with Crippen LogP contribution in [0, 0.1) is 11.8 Å². The molecule has 1 aromatic rings. The van der Waals surface area contributed by atoms with E-state index < -0.39 is 0 Å². The fourth-order valence-corrected chi connectivity index (χ4v) is 3.74. The van der Waals surface area contributed by atoms with Crippen LogP contribution in [0.25, 0.3) is 0 Å². The Morgan fingerprint density at radius 2 is 1.94 bits per heavy atom. The third-order valence-electron chi connectivity index (χ3n) is 4.61. The molecule has 1 aromatic heterocycles. The van der Waals surface area contributed by atoms with Gasteiger partial charge in [0.1, 0.15) is 11.6 Å². The SMILES string of the molecule is C1CCC2C(C1)C2c1nnc2n1CCNC2. The summed E-state index contributed by atoms with van der Waals surface area (Å²) in [7, 11) is 0. The molecule has 4 heteroatoms. The molecule has 4 rings (SSSR count). The fourth-order valence-electron chi connectivity index (χ4n) is 3.74. The van der Waals surface area contributed by atoms with Crippen LogP contribution in [0.3, 0.4) is 0 Å². The Kier molecular flexibility index (Phi) is 1.89. The second-order valence-corrected chi connectivity index (χ2v) is 5.44. The van der Waals surface area contributed by atoms with Gasteiger partial charge in [0.15, 0.2) is 0 Å². The number of nitrogens with one attached hydrogen (secondary N) is 1. The van der Waals surface area contributed by atoms with E-state index in [1.807, 2.05) is 0 Å². The summed E-state index contributed by atoms with van der Waals surface area (Å²) < 4.78 is 2.37. The summed E-state index contributed by atoms with van der Waals surface area (Å²) >= 11 is 0. The molecule has 2 atom stereocenters. The van der Waals surface area contributed by atoms with E-state index in [1.165, 1.54) is 31.5 Å². The number of rotatable bonds is 1. The predicted molar refractivity (Wildman–Crippen MR) is 59.9 cm³/mol. The lowest BCUT2D eigenvalue weighted by Gasteiger charge is -2.15. The second kappa shape index (κ2) is 3.29. The average Bonchev–Trinajstić information content (AvgIpc) is 2.92. The van der Waals surface area contributed by atoms with Gasteiger partial charge >= 0.3 is 0 Å². The molecule has 2 saturated carbocycles. The minimum absolute atomic E-state index is 0.752. The van der Waals surface area contributed by atoms with Crippen LogP contribution in [0.15, 0.2) is 0 Å². The molecule has 1 N–H and O–H groups in total. The van der Waals surface area contributed by atoms with Gasteiger partial charge in [-0.1, -0.05) is 12.8 Å². The van der Waals surface area contributed by atoms with Gasteiger partial charge in [-0.3, -0.25) is 0 Å². The van der Waals surface area contributed by atoms with Crippen molar-refractivity contribution in [2.75, 3.05) is 6.54 Å². The zero-order valence-corrected chi connectivity index (χ0v) is 9.52. The Morgan fingerprint density at radius 3 is 2.75 bits per heavy atom. The first kappa shape index (κ1) is 9.16. The molecule has 16 heavy (non-hydrogen) atoms. The highest BCUT2D eigenvalue weighted by Crippen LogP contribution is 2.60. The quantitative estimate of drug-likeness (QED) is 0.772. The molecule has 1 aliphatic heterocycles. The van der Waals surface area contributed by atoms with Gasteiger partial charge in [0.05, 0.1) is 6.54 Å². The van der Waals surface area contributed by atoms with Gasteiger partial charge in [-0.2, -0.15) is 0 Å². The van der Waals surface area contributed by atoms with Gasteiger partial charge in [0.25, 0.3) is 0 Å². The molecule has 0 amide bonds. The number of nitrogens with zero attached hydrogens (tertiary/aromatic N) is 3. The van der Waals surface area contributed by atoms with E-state index in [1.54, 1.807) is 0 Å². The van der Waals surface area contributed by atoms with Crippen LogP contribution in [-0.4, -0.2) is 21.3 Å². The van der Waals surface area contributed by atoms with E-state index in [2.05, 4.69) is 20.1 Å². The molecule has 0 spiro atoms. The summed E-state index contributed by atoms with van der Waals surface area (Å²) in [6.07, 6.45) is 5.71. The Labute approximate surface area is 95.4 Å². The second-order valence-electron chi connectivity index (χ2n) is 5.44. The molecular formula is C12H18N4. The minimum atomic E-state index is 0.752. The Bertz CT molecular complexity index is 399. The first-order valence-corrected chi connectivity index (χ1v) is 6.58. The maximum absolute atomic E-state index is 4.46. The van der Waals surface area contributed by atoms with Crippen molar-refractivity contribution in [3.05, 3.63) is 11.6 Å². The molecule has 0 radical (unpaired) electrons. The summed E-state index contributed by atoms with van der Waals surface area (Å²) in [6.45, 7) is 3.03. The lowest BCUT2D eigenvalue weighted by molar-refractivity contribution is 0.480. The van der Waals surface area contributed by atoms with E-state index in [0.717, 1.165) is 43.2 Å². The summed E-state index contributed by atoms with van der Waals surface area (Å²) in [5, 5.41) is 12.1. The van der Waals surface area contributed by atoms with E-state index in [9.17, 15) is 0 Å².